The summed E-state index contributed by atoms with van der Waals surface area (Å²) in [6.45, 7) is -1.29. The lowest BCUT2D eigenvalue weighted by atomic mass is 9.99. The fourth-order valence-corrected chi connectivity index (χ4v) is 3.38. The van der Waals surface area contributed by atoms with Crippen molar-refractivity contribution in [2.75, 3.05) is 24.1 Å². The summed E-state index contributed by atoms with van der Waals surface area (Å²) < 4.78 is 10.5. The van der Waals surface area contributed by atoms with Gasteiger partial charge in [0.25, 0.3) is 0 Å². The standard InChI is InChI=1S/C24H32N4O9/c29-12-18-21(33)22(34)23(35)24(37-18)36-13-17(30)20(32)19(31)16(28-27-15-9-5-2-6-10-15)11-25-26-14-7-3-1-4-8-14/h1-11,17-24,26-27,29-35H,12-13H2/t17-,18-,19-,20-,21+,22+,23-,24+/m1/s1. The number of para-hydroxylation sites is 2. The van der Waals surface area contributed by atoms with E-state index in [1.807, 2.05) is 12.1 Å². The minimum absolute atomic E-state index is 0.133. The van der Waals surface area contributed by atoms with Crippen LogP contribution in [-0.4, -0.2) is 110 Å². The molecule has 0 aliphatic carbocycles. The minimum Gasteiger partial charge on any atom is -0.394 e. The van der Waals surface area contributed by atoms with Crippen LogP contribution in [0.3, 0.4) is 0 Å². The lowest BCUT2D eigenvalue weighted by Gasteiger charge is -2.40. The third kappa shape index (κ3) is 8.00. The number of hydrogen-bond acceptors (Lipinski definition) is 13. The van der Waals surface area contributed by atoms with Crippen LogP contribution in [0, 0.1) is 0 Å². The Kier molecular flexibility index (Phi) is 10.9. The van der Waals surface area contributed by atoms with Crippen LogP contribution in [-0.2, 0) is 9.47 Å². The number of nitrogens with zero attached hydrogens (tertiary/aromatic N) is 2. The molecule has 13 heteroatoms. The number of rotatable bonds is 12. The molecule has 1 saturated heterocycles. The highest BCUT2D eigenvalue weighted by atomic mass is 16.7. The van der Waals surface area contributed by atoms with Crippen molar-refractivity contribution in [1.82, 2.24) is 0 Å². The van der Waals surface area contributed by atoms with Gasteiger partial charge in [0.1, 0.15) is 48.4 Å². The molecule has 1 heterocycles. The Morgan fingerprint density at radius 2 is 1.49 bits per heavy atom. The maximum Gasteiger partial charge on any atom is 0.186 e. The molecule has 1 aliphatic heterocycles. The maximum absolute atomic E-state index is 10.7. The smallest absolute Gasteiger partial charge is 0.186 e. The van der Waals surface area contributed by atoms with Crippen molar-refractivity contribution in [2.24, 2.45) is 10.2 Å². The van der Waals surface area contributed by atoms with Crippen LogP contribution in [0.15, 0.2) is 70.9 Å². The molecule has 0 unspecified atom stereocenters. The molecule has 3 rings (SSSR count). The van der Waals surface area contributed by atoms with Crippen molar-refractivity contribution < 1.29 is 45.2 Å². The molecule has 0 spiro atoms. The lowest BCUT2D eigenvalue weighted by Crippen LogP contribution is -2.59. The maximum atomic E-state index is 10.7. The van der Waals surface area contributed by atoms with Gasteiger partial charge in [-0.25, -0.2) is 0 Å². The quantitative estimate of drug-likeness (QED) is 0.116. The molecular weight excluding hydrogens is 488 g/mol. The van der Waals surface area contributed by atoms with Crippen molar-refractivity contribution in [2.45, 2.75) is 49.0 Å². The van der Waals surface area contributed by atoms with E-state index in [0.29, 0.717) is 11.4 Å². The number of aliphatic hydroxyl groups excluding tert-OH is 7. The molecule has 0 saturated carbocycles. The minimum atomic E-state index is -1.82. The third-order valence-electron chi connectivity index (χ3n) is 5.55. The lowest BCUT2D eigenvalue weighted by molar-refractivity contribution is -0.306. The third-order valence-corrected chi connectivity index (χ3v) is 5.55. The second kappa shape index (κ2) is 14.1. The first-order valence-electron chi connectivity index (χ1n) is 11.5. The Labute approximate surface area is 212 Å². The number of anilines is 2. The molecule has 2 aromatic rings. The second-order valence-electron chi connectivity index (χ2n) is 8.28. The van der Waals surface area contributed by atoms with E-state index in [1.54, 1.807) is 48.5 Å². The van der Waals surface area contributed by atoms with Crippen LogP contribution < -0.4 is 10.9 Å². The molecule has 1 fully saturated rings. The fourth-order valence-electron chi connectivity index (χ4n) is 3.38. The molecule has 13 nitrogen and oxygen atoms in total. The van der Waals surface area contributed by atoms with Gasteiger partial charge in [-0.2, -0.15) is 10.2 Å². The summed E-state index contributed by atoms with van der Waals surface area (Å²) in [5, 5.41) is 78.8. The first-order valence-corrected chi connectivity index (χ1v) is 11.5. The molecule has 1 aliphatic rings. The average molecular weight is 521 g/mol. The Morgan fingerprint density at radius 3 is 2.08 bits per heavy atom. The molecule has 9 N–H and O–H groups in total. The van der Waals surface area contributed by atoms with Gasteiger partial charge in [-0.15, -0.1) is 0 Å². The number of hydrogen-bond donors (Lipinski definition) is 9. The summed E-state index contributed by atoms with van der Waals surface area (Å²) in [6.07, 6.45) is -11.7. The van der Waals surface area contributed by atoms with Crippen LogP contribution in [0.2, 0.25) is 0 Å². The molecule has 8 atom stereocenters. The van der Waals surface area contributed by atoms with Crippen molar-refractivity contribution >= 4 is 23.3 Å². The Hall–Kier alpha value is -2.98. The molecule has 0 radical (unpaired) electrons. The summed E-state index contributed by atoms with van der Waals surface area (Å²) in [5.74, 6) is 0. The van der Waals surface area contributed by atoms with Gasteiger partial charge in [0.2, 0.25) is 0 Å². The van der Waals surface area contributed by atoms with Gasteiger partial charge in [-0.05, 0) is 24.3 Å². The molecule has 0 aromatic heterocycles. The zero-order valence-corrected chi connectivity index (χ0v) is 19.7. The Morgan fingerprint density at radius 1 is 0.892 bits per heavy atom. The molecule has 2 aromatic carbocycles. The highest BCUT2D eigenvalue weighted by Gasteiger charge is 2.44. The van der Waals surface area contributed by atoms with E-state index in [0.717, 1.165) is 0 Å². The van der Waals surface area contributed by atoms with Crippen LogP contribution >= 0.6 is 0 Å². The molecule has 202 valence electrons. The van der Waals surface area contributed by atoms with E-state index >= 15 is 0 Å². The van der Waals surface area contributed by atoms with E-state index < -0.39 is 62.2 Å². The zero-order chi connectivity index (χ0) is 26.8. The SMILES string of the molecule is OC[C@H]1O[C@H](OC[C@@H](O)[C@@H](O)[C@H](O)C(C=NNc2ccccc2)=NNc2ccccc2)[C@H](O)[C@@H](O)[C@H]1O. The van der Waals surface area contributed by atoms with E-state index in [2.05, 4.69) is 21.1 Å². The number of hydrazone groups is 2. The van der Waals surface area contributed by atoms with Gasteiger partial charge in [0.05, 0.1) is 30.8 Å². The number of benzene rings is 2. The van der Waals surface area contributed by atoms with Gasteiger partial charge in [0.15, 0.2) is 6.29 Å². The molecular formula is C24H32N4O9. The van der Waals surface area contributed by atoms with Crippen molar-refractivity contribution in [1.29, 1.82) is 0 Å². The van der Waals surface area contributed by atoms with E-state index in [-0.39, 0.29) is 5.71 Å². The summed E-state index contributed by atoms with van der Waals surface area (Å²) in [5.41, 5.74) is 6.62. The van der Waals surface area contributed by atoms with Crippen LogP contribution in [0.4, 0.5) is 11.4 Å². The van der Waals surface area contributed by atoms with Crippen molar-refractivity contribution in [3.63, 3.8) is 0 Å². The first-order chi connectivity index (χ1) is 17.8. The van der Waals surface area contributed by atoms with Crippen molar-refractivity contribution in [3.05, 3.63) is 60.7 Å². The van der Waals surface area contributed by atoms with Crippen molar-refractivity contribution in [3.8, 4) is 0 Å². The largest absolute Gasteiger partial charge is 0.394 e. The van der Waals surface area contributed by atoms with E-state index in [9.17, 15) is 35.7 Å². The predicted molar refractivity (Wildman–Crippen MR) is 134 cm³/mol. The number of aliphatic hydroxyl groups is 7. The summed E-state index contributed by atoms with van der Waals surface area (Å²) in [4.78, 5) is 0. The van der Waals surface area contributed by atoms with Gasteiger partial charge in [-0.3, -0.25) is 10.9 Å². The van der Waals surface area contributed by atoms with Gasteiger partial charge >= 0.3 is 0 Å². The normalized spacial score (nSPS) is 27.0. The van der Waals surface area contributed by atoms with Crippen LogP contribution in [0.5, 0.6) is 0 Å². The summed E-state index contributed by atoms with van der Waals surface area (Å²) >= 11 is 0. The number of nitrogens with one attached hydrogen (secondary N) is 2. The fraction of sp³-hybridized carbons (Fsp3) is 0.417. The second-order valence-corrected chi connectivity index (χ2v) is 8.28. The van der Waals surface area contributed by atoms with Gasteiger partial charge in [-0.1, -0.05) is 36.4 Å². The number of ether oxygens (including phenoxy) is 2. The zero-order valence-electron chi connectivity index (χ0n) is 19.7. The average Bonchev–Trinajstić information content (AvgIpc) is 2.93. The Balaban J connectivity index is 1.66. The Bertz CT molecular complexity index is 996. The predicted octanol–water partition coefficient (Wildman–Crippen LogP) is -1.55. The highest BCUT2D eigenvalue weighted by Crippen LogP contribution is 2.22. The summed E-state index contributed by atoms with van der Waals surface area (Å²) in [7, 11) is 0. The highest BCUT2D eigenvalue weighted by molar-refractivity contribution is 6.33. The van der Waals surface area contributed by atoms with E-state index in [4.69, 9.17) is 9.47 Å². The van der Waals surface area contributed by atoms with E-state index in [1.165, 1.54) is 6.21 Å². The van der Waals surface area contributed by atoms with Gasteiger partial charge in [0, 0.05) is 0 Å². The molecule has 0 bridgehead atoms. The topological polar surface area (TPSA) is 209 Å². The molecule has 0 amide bonds. The van der Waals surface area contributed by atoms with Gasteiger partial charge < -0.3 is 45.2 Å². The van der Waals surface area contributed by atoms with Crippen LogP contribution in [0.1, 0.15) is 0 Å². The monoisotopic (exact) mass is 520 g/mol. The van der Waals surface area contributed by atoms with Crippen LogP contribution in [0.25, 0.3) is 0 Å². The summed E-state index contributed by atoms with van der Waals surface area (Å²) in [6, 6.07) is 17.8. The molecule has 37 heavy (non-hydrogen) atoms. The first kappa shape index (κ1) is 28.6.